The Bertz CT molecular complexity index is 422. The Balaban J connectivity index is 2.09. The van der Waals surface area contributed by atoms with E-state index < -0.39 is 0 Å². The van der Waals surface area contributed by atoms with E-state index in [9.17, 15) is 4.79 Å². The normalized spacial score (nSPS) is 21.6. The van der Waals surface area contributed by atoms with Crippen molar-refractivity contribution in [3.05, 3.63) is 34.9 Å². The predicted octanol–water partition coefficient (Wildman–Crippen LogP) is 2.00. The van der Waals surface area contributed by atoms with Crippen molar-refractivity contribution in [1.29, 1.82) is 0 Å². The van der Waals surface area contributed by atoms with Crippen LogP contribution in [0.2, 0.25) is 5.02 Å². The molecule has 17 heavy (non-hydrogen) atoms. The van der Waals surface area contributed by atoms with Gasteiger partial charge in [0.1, 0.15) is 0 Å². The topological polar surface area (TPSA) is 46.3 Å². The second kappa shape index (κ2) is 5.07. The van der Waals surface area contributed by atoms with Crippen LogP contribution in [0.5, 0.6) is 0 Å². The Morgan fingerprint density at radius 2 is 2.35 bits per heavy atom. The molecule has 1 amide bonds. The maximum Gasteiger partial charge on any atom is 0.229 e. The van der Waals surface area contributed by atoms with Crippen molar-refractivity contribution < 1.29 is 4.79 Å². The van der Waals surface area contributed by atoms with Crippen LogP contribution in [0.4, 0.5) is 0 Å². The largest absolute Gasteiger partial charge is 0.341 e. The first-order valence-corrected chi connectivity index (χ1v) is 6.25. The predicted molar refractivity (Wildman–Crippen MR) is 69.0 cm³/mol. The van der Waals surface area contributed by atoms with Gasteiger partial charge in [-0.05, 0) is 31.0 Å². The molecule has 1 aliphatic heterocycles. The molecule has 1 aromatic carbocycles. The standard InChI is InChI=1S/C13H17ClN2O/c1-9(10-3-2-4-11(14)7-10)13(17)16-6-5-12(15)8-16/h2-4,7,9,12H,5-6,8,15H2,1H3/t9-,12-/m0/s1. The van der Waals surface area contributed by atoms with Gasteiger partial charge in [0.05, 0.1) is 5.92 Å². The molecule has 0 spiro atoms. The molecule has 0 aromatic heterocycles. The number of carbonyl (C=O) groups excluding carboxylic acids is 1. The third kappa shape index (κ3) is 2.79. The number of carbonyl (C=O) groups is 1. The molecular formula is C13H17ClN2O. The average Bonchev–Trinajstić information content (AvgIpc) is 2.74. The third-order valence-electron chi connectivity index (χ3n) is 3.26. The summed E-state index contributed by atoms with van der Waals surface area (Å²) in [5.74, 6) is -0.0146. The highest BCUT2D eigenvalue weighted by Gasteiger charge is 2.27. The van der Waals surface area contributed by atoms with Gasteiger partial charge >= 0.3 is 0 Å². The zero-order chi connectivity index (χ0) is 12.4. The molecular weight excluding hydrogens is 236 g/mol. The molecule has 1 fully saturated rings. The van der Waals surface area contributed by atoms with Crippen LogP contribution in [-0.2, 0) is 4.79 Å². The zero-order valence-electron chi connectivity index (χ0n) is 9.90. The summed E-state index contributed by atoms with van der Waals surface area (Å²) in [5.41, 5.74) is 6.77. The van der Waals surface area contributed by atoms with Gasteiger partial charge in [0.15, 0.2) is 0 Å². The molecule has 2 atom stereocenters. The maximum absolute atomic E-state index is 12.2. The molecule has 1 heterocycles. The van der Waals surface area contributed by atoms with Crippen LogP contribution in [-0.4, -0.2) is 29.9 Å². The van der Waals surface area contributed by atoms with E-state index >= 15 is 0 Å². The summed E-state index contributed by atoms with van der Waals surface area (Å²) >= 11 is 5.93. The number of nitrogens with two attached hydrogens (primary N) is 1. The molecule has 0 saturated carbocycles. The number of amides is 1. The van der Waals surface area contributed by atoms with Gasteiger partial charge in [-0.25, -0.2) is 0 Å². The average molecular weight is 253 g/mol. The Hall–Kier alpha value is -1.06. The van der Waals surface area contributed by atoms with E-state index in [0.717, 1.165) is 18.5 Å². The summed E-state index contributed by atoms with van der Waals surface area (Å²) in [6.45, 7) is 3.35. The first-order valence-electron chi connectivity index (χ1n) is 5.88. The molecule has 2 N–H and O–H groups in total. The quantitative estimate of drug-likeness (QED) is 0.875. The second-order valence-corrected chi connectivity index (χ2v) is 5.05. The van der Waals surface area contributed by atoms with E-state index in [0.29, 0.717) is 11.6 Å². The SMILES string of the molecule is C[C@H](C(=O)N1CC[C@H](N)C1)c1cccc(Cl)c1. The molecule has 2 rings (SSSR count). The van der Waals surface area contributed by atoms with E-state index in [1.807, 2.05) is 36.1 Å². The van der Waals surface area contributed by atoms with E-state index in [4.69, 9.17) is 17.3 Å². The van der Waals surface area contributed by atoms with Gasteiger partial charge < -0.3 is 10.6 Å². The first kappa shape index (κ1) is 12.4. The van der Waals surface area contributed by atoms with Gasteiger partial charge in [-0.15, -0.1) is 0 Å². The minimum absolute atomic E-state index is 0.130. The lowest BCUT2D eigenvalue weighted by atomic mass is 10.00. The molecule has 3 nitrogen and oxygen atoms in total. The van der Waals surface area contributed by atoms with E-state index in [2.05, 4.69) is 0 Å². The van der Waals surface area contributed by atoms with E-state index in [1.54, 1.807) is 0 Å². The highest BCUT2D eigenvalue weighted by Crippen LogP contribution is 2.23. The van der Waals surface area contributed by atoms with Crippen LogP contribution in [0.3, 0.4) is 0 Å². The highest BCUT2D eigenvalue weighted by molar-refractivity contribution is 6.30. The van der Waals surface area contributed by atoms with Crippen molar-refractivity contribution in [2.75, 3.05) is 13.1 Å². The van der Waals surface area contributed by atoms with Crippen LogP contribution in [0.1, 0.15) is 24.8 Å². The lowest BCUT2D eigenvalue weighted by Gasteiger charge is -2.21. The van der Waals surface area contributed by atoms with E-state index in [-0.39, 0.29) is 17.9 Å². The van der Waals surface area contributed by atoms with Gasteiger partial charge in [0, 0.05) is 24.2 Å². The zero-order valence-corrected chi connectivity index (χ0v) is 10.7. The maximum atomic E-state index is 12.2. The lowest BCUT2D eigenvalue weighted by molar-refractivity contribution is -0.131. The van der Waals surface area contributed by atoms with E-state index in [1.165, 1.54) is 0 Å². The highest BCUT2D eigenvalue weighted by atomic mass is 35.5. The summed E-state index contributed by atoms with van der Waals surface area (Å²) in [6.07, 6.45) is 0.897. The van der Waals surface area contributed by atoms with Gasteiger partial charge in [0.2, 0.25) is 5.91 Å². The smallest absolute Gasteiger partial charge is 0.229 e. The van der Waals surface area contributed by atoms with Crippen LogP contribution in [0.15, 0.2) is 24.3 Å². The molecule has 92 valence electrons. The molecule has 0 aliphatic carbocycles. The number of rotatable bonds is 2. The number of benzene rings is 1. The van der Waals surface area contributed by atoms with Crippen molar-refractivity contribution in [1.82, 2.24) is 4.90 Å². The summed E-state index contributed by atoms with van der Waals surface area (Å²) in [4.78, 5) is 14.1. The van der Waals surface area contributed by atoms with Crippen molar-refractivity contribution in [3.8, 4) is 0 Å². The van der Waals surface area contributed by atoms with Crippen LogP contribution in [0, 0.1) is 0 Å². The third-order valence-corrected chi connectivity index (χ3v) is 3.49. The molecule has 0 radical (unpaired) electrons. The Labute approximate surface area is 107 Å². The fourth-order valence-electron chi connectivity index (χ4n) is 2.18. The van der Waals surface area contributed by atoms with Crippen LogP contribution >= 0.6 is 11.6 Å². The number of likely N-dealkylation sites (tertiary alicyclic amines) is 1. The minimum Gasteiger partial charge on any atom is -0.341 e. The molecule has 4 heteroatoms. The Kier molecular flexibility index (Phi) is 3.69. The molecule has 1 aromatic rings. The molecule has 0 unspecified atom stereocenters. The monoisotopic (exact) mass is 252 g/mol. The summed E-state index contributed by atoms with van der Waals surface area (Å²) < 4.78 is 0. The second-order valence-electron chi connectivity index (χ2n) is 4.61. The van der Waals surface area contributed by atoms with Crippen molar-refractivity contribution in [2.45, 2.75) is 25.3 Å². The van der Waals surface area contributed by atoms with Gasteiger partial charge in [0.25, 0.3) is 0 Å². The number of nitrogens with zero attached hydrogens (tertiary/aromatic N) is 1. The number of halogens is 1. The van der Waals surface area contributed by atoms with Gasteiger partial charge in [-0.2, -0.15) is 0 Å². The summed E-state index contributed by atoms with van der Waals surface area (Å²) in [7, 11) is 0. The number of hydrogen-bond acceptors (Lipinski definition) is 2. The Morgan fingerprint density at radius 1 is 1.59 bits per heavy atom. The van der Waals surface area contributed by atoms with Crippen molar-refractivity contribution in [3.63, 3.8) is 0 Å². The lowest BCUT2D eigenvalue weighted by Crippen LogP contribution is -2.34. The van der Waals surface area contributed by atoms with Gasteiger partial charge in [-0.3, -0.25) is 4.79 Å². The molecule has 1 saturated heterocycles. The van der Waals surface area contributed by atoms with Gasteiger partial charge in [-0.1, -0.05) is 23.7 Å². The summed E-state index contributed by atoms with van der Waals surface area (Å²) in [5, 5.41) is 0.667. The van der Waals surface area contributed by atoms with Crippen LogP contribution in [0.25, 0.3) is 0 Å². The van der Waals surface area contributed by atoms with Crippen LogP contribution < -0.4 is 5.73 Å². The molecule has 0 bridgehead atoms. The fourth-order valence-corrected chi connectivity index (χ4v) is 2.38. The molecule has 1 aliphatic rings. The van der Waals surface area contributed by atoms with Crippen molar-refractivity contribution >= 4 is 17.5 Å². The van der Waals surface area contributed by atoms with Crippen molar-refractivity contribution in [2.24, 2.45) is 5.73 Å². The fraction of sp³-hybridized carbons (Fsp3) is 0.462. The Morgan fingerprint density at radius 3 is 2.94 bits per heavy atom. The summed E-state index contributed by atoms with van der Waals surface area (Å²) in [6, 6.07) is 7.60. The number of hydrogen-bond donors (Lipinski definition) is 1. The minimum atomic E-state index is -0.154. The first-order chi connectivity index (χ1) is 8.08.